The number of hydrogen-bond acceptors (Lipinski definition) is 3. The van der Waals surface area contributed by atoms with E-state index in [0.29, 0.717) is 12.5 Å². The van der Waals surface area contributed by atoms with Crippen molar-refractivity contribution in [3.63, 3.8) is 0 Å². The van der Waals surface area contributed by atoms with Gasteiger partial charge >= 0.3 is 0 Å². The Balaban J connectivity index is 3.12. The Morgan fingerprint density at radius 3 is 2.33 bits per heavy atom. The SMILES string of the molecule is CC(C)c1nc(C(C)(C)C)c(CCN)o1. The maximum atomic E-state index is 5.75. The summed E-state index contributed by atoms with van der Waals surface area (Å²) in [6, 6.07) is 0. The third-order valence-corrected chi connectivity index (χ3v) is 2.29. The molecule has 1 aromatic heterocycles. The number of oxazole rings is 1. The summed E-state index contributed by atoms with van der Waals surface area (Å²) in [6.07, 6.45) is 0.770. The summed E-state index contributed by atoms with van der Waals surface area (Å²) in [7, 11) is 0. The number of aromatic nitrogens is 1. The predicted molar refractivity (Wildman–Crippen MR) is 62.1 cm³/mol. The van der Waals surface area contributed by atoms with E-state index in [2.05, 4.69) is 39.6 Å². The lowest BCUT2D eigenvalue weighted by molar-refractivity contribution is 0.432. The van der Waals surface area contributed by atoms with Gasteiger partial charge < -0.3 is 10.2 Å². The molecule has 2 N–H and O–H groups in total. The molecule has 1 rings (SSSR count). The van der Waals surface area contributed by atoms with E-state index in [1.165, 1.54) is 0 Å². The first kappa shape index (κ1) is 12.2. The van der Waals surface area contributed by atoms with Gasteiger partial charge in [-0.15, -0.1) is 0 Å². The van der Waals surface area contributed by atoms with Gasteiger partial charge in [0.1, 0.15) is 5.76 Å². The zero-order chi connectivity index (χ0) is 11.6. The Morgan fingerprint density at radius 1 is 1.33 bits per heavy atom. The molecular formula is C12H22N2O. The summed E-state index contributed by atoms with van der Waals surface area (Å²) in [5, 5.41) is 0. The van der Waals surface area contributed by atoms with E-state index in [1.54, 1.807) is 0 Å². The van der Waals surface area contributed by atoms with Crippen molar-refractivity contribution in [2.45, 2.75) is 52.4 Å². The van der Waals surface area contributed by atoms with Crippen molar-refractivity contribution in [2.75, 3.05) is 6.54 Å². The van der Waals surface area contributed by atoms with E-state index >= 15 is 0 Å². The Hall–Kier alpha value is -0.830. The maximum absolute atomic E-state index is 5.75. The van der Waals surface area contributed by atoms with Crippen molar-refractivity contribution >= 4 is 0 Å². The van der Waals surface area contributed by atoms with Crippen LogP contribution in [0.4, 0.5) is 0 Å². The molecule has 0 saturated carbocycles. The minimum atomic E-state index is 0.0289. The zero-order valence-corrected chi connectivity index (χ0v) is 10.4. The van der Waals surface area contributed by atoms with Crippen LogP contribution in [0.2, 0.25) is 0 Å². The van der Waals surface area contributed by atoms with Crippen LogP contribution in [0.15, 0.2) is 4.42 Å². The van der Waals surface area contributed by atoms with Gasteiger partial charge in [-0.2, -0.15) is 0 Å². The lowest BCUT2D eigenvalue weighted by atomic mass is 9.90. The first-order valence-corrected chi connectivity index (χ1v) is 5.56. The van der Waals surface area contributed by atoms with Gasteiger partial charge in [-0.3, -0.25) is 0 Å². The summed E-state index contributed by atoms with van der Waals surface area (Å²) in [6.45, 7) is 11.2. The van der Waals surface area contributed by atoms with Gasteiger partial charge in [-0.1, -0.05) is 34.6 Å². The average Bonchev–Trinajstić information content (AvgIpc) is 2.48. The molecule has 0 fully saturated rings. The first-order valence-electron chi connectivity index (χ1n) is 5.56. The molecule has 0 bridgehead atoms. The monoisotopic (exact) mass is 210 g/mol. The molecule has 0 amide bonds. The molecule has 3 nitrogen and oxygen atoms in total. The minimum absolute atomic E-state index is 0.0289. The van der Waals surface area contributed by atoms with E-state index in [0.717, 1.165) is 23.8 Å². The van der Waals surface area contributed by atoms with Crippen LogP contribution in [0.5, 0.6) is 0 Å². The maximum Gasteiger partial charge on any atom is 0.197 e. The molecule has 1 aromatic rings. The predicted octanol–water partition coefficient (Wildman–Crippen LogP) is 2.60. The van der Waals surface area contributed by atoms with Crippen molar-refractivity contribution in [1.82, 2.24) is 4.98 Å². The van der Waals surface area contributed by atoms with Gasteiger partial charge in [-0.05, 0) is 6.54 Å². The summed E-state index contributed by atoms with van der Waals surface area (Å²) in [4.78, 5) is 4.58. The molecule has 0 aromatic carbocycles. The molecule has 0 radical (unpaired) electrons. The molecule has 15 heavy (non-hydrogen) atoms. The molecule has 0 unspecified atom stereocenters. The minimum Gasteiger partial charge on any atom is -0.445 e. The van der Waals surface area contributed by atoms with E-state index in [-0.39, 0.29) is 5.41 Å². The normalized spacial score (nSPS) is 12.5. The molecule has 0 aliphatic heterocycles. The van der Waals surface area contributed by atoms with Gasteiger partial charge in [0.05, 0.1) is 5.69 Å². The van der Waals surface area contributed by atoms with Crippen LogP contribution in [0.3, 0.4) is 0 Å². The second kappa shape index (κ2) is 4.35. The second-order valence-electron chi connectivity index (χ2n) is 5.27. The van der Waals surface area contributed by atoms with E-state index in [1.807, 2.05) is 0 Å². The number of rotatable bonds is 3. The first-order chi connectivity index (χ1) is 6.86. The third kappa shape index (κ3) is 2.81. The fourth-order valence-corrected chi connectivity index (χ4v) is 1.50. The van der Waals surface area contributed by atoms with Crippen LogP contribution in [-0.2, 0) is 11.8 Å². The molecule has 0 aliphatic carbocycles. The van der Waals surface area contributed by atoms with E-state index < -0.39 is 0 Å². The Bertz CT molecular complexity index is 321. The van der Waals surface area contributed by atoms with Gasteiger partial charge in [-0.25, -0.2) is 4.98 Å². The van der Waals surface area contributed by atoms with Crippen LogP contribution >= 0.6 is 0 Å². The highest BCUT2D eigenvalue weighted by molar-refractivity contribution is 5.20. The summed E-state index contributed by atoms with van der Waals surface area (Å²) < 4.78 is 5.75. The van der Waals surface area contributed by atoms with Crippen molar-refractivity contribution in [3.05, 3.63) is 17.3 Å². The van der Waals surface area contributed by atoms with Crippen LogP contribution in [0.1, 0.15) is 57.9 Å². The smallest absolute Gasteiger partial charge is 0.197 e. The fourth-order valence-electron chi connectivity index (χ4n) is 1.50. The van der Waals surface area contributed by atoms with Gasteiger partial charge in [0.25, 0.3) is 0 Å². The summed E-state index contributed by atoms with van der Waals surface area (Å²) in [5.41, 5.74) is 6.65. The largest absolute Gasteiger partial charge is 0.445 e. The van der Waals surface area contributed by atoms with Gasteiger partial charge in [0.15, 0.2) is 5.89 Å². The molecule has 3 heteroatoms. The Labute approximate surface area is 92.1 Å². The van der Waals surface area contributed by atoms with Crippen LogP contribution in [0, 0.1) is 0 Å². The quantitative estimate of drug-likeness (QED) is 0.834. The summed E-state index contributed by atoms with van der Waals surface area (Å²) >= 11 is 0. The lowest BCUT2D eigenvalue weighted by Crippen LogP contribution is -2.16. The molecule has 0 atom stereocenters. The van der Waals surface area contributed by atoms with Crippen molar-refractivity contribution in [1.29, 1.82) is 0 Å². The average molecular weight is 210 g/mol. The highest BCUT2D eigenvalue weighted by Crippen LogP contribution is 2.28. The zero-order valence-electron chi connectivity index (χ0n) is 10.4. The molecule has 0 spiro atoms. The molecular weight excluding hydrogens is 188 g/mol. The Morgan fingerprint density at radius 2 is 1.93 bits per heavy atom. The van der Waals surface area contributed by atoms with Gasteiger partial charge in [0, 0.05) is 17.8 Å². The number of nitrogens with two attached hydrogens (primary N) is 1. The lowest BCUT2D eigenvalue weighted by Gasteiger charge is -2.16. The molecule has 1 heterocycles. The number of hydrogen-bond donors (Lipinski definition) is 1. The molecule has 0 aliphatic rings. The third-order valence-electron chi connectivity index (χ3n) is 2.29. The molecule has 86 valence electrons. The van der Waals surface area contributed by atoms with Crippen molar-refractivity contribution in [2.24, 2.45) is 5.73 Å². The standard InChI is InChI=1S/C12H22N2O/c1-8(2)11-14-10(12(3,4)5)9(15-11)6-7-13/h8H,6-7,13H2,1-5H3. The second-order valence-corrected chi connectivity index (χ2v) is 5.27. The molecule has 0 saturated heterocycles. The topological polar surface area (TPSA) is 52.0 Å². The summed E-state index contributed by atoms with van der Waals surface area (Å²) in [5.74, 6) is 2.11. The highest BCUT2D eigenvalue weighted by atomic mass is 16.4. The van der Waals surface area contributed by atoms with E-state index in [4.69, 9.17) is 10.2 Å². The van der Waals surface area contributed by atoms with Crippen LogP contribution < -0.4 is 5.73 Å². The van der Waals surface area contributed by atoms with Gasteiger partial charge in [0.2, 0.25) is 0 Å². The fraction of sp³-hybridized carbons (Fsp3) is 0.750. The Kier molecular flexibility index (Phi) is 3.55. The van der Waals surface area contributed by atoms with Crippen LogP contribution in [-0.4, -0.2) is 11.5 Å². The van der Waals surface area contributed by atoms with Crippen molar-refractivity contribution in [3.8, 4) is 0 Å². The highest BCUT2D eigenvalue weighted by Gasteiger charge is 2.24. The van der Waals surface area contributed by atoms with E-state index in [9.17, 15) is 0 Å². The van der Waals surface area contributed by atoms with Crippen LogP contribution in [0.25, 0.3) is 0 Å². The number of nitrogens with zero attached hydrogens (tertiary/aromatic N) is 1. The van der Waals surface area contributed by atoms with Crippen molar-refractivity contribution < 1.29 is 4.42 Å².